The number of nitrogens with zero attached hydrogens (tertiary/aromatic N) is 3. The molecule has 1 fully saturated rings. The van der Waals surface area contributed by atoms with Gasteiger partial charge in [-0.05, 0) is 43.3 Å². The molecule has 2 heterocycles. The van der Waals surface area contributed by atoms with E-state index in [1.54, 1.807) is 6.21 Å². The van der Waals surface area contributed by atoms with E-state index >= 15 is 0 Å². The third kappa shape index (κ3) is 4.32. The van der Waals surface area contributed by atoms with E-state index in [0.29, 0.717) is 24.0 Å². The highest BCUT2D eigenvalue weighted by Crippen LogP contribution is 2.31. The highest BCUT2D eigenvalue weighted by atomic mass is 32.2. The van der Waals surface area contributed by atoms with E-state index in [-0.39, 0.29) is 5.91 Å². The molecule has 3 rings (SSSR count). The first-order chi connectivity index (χ1) is 12.5. The molecule has 2 aliphatic heterocycles. The molecule has 1 aromatic rings. The van der Waals surface area contributed by atoms with Gasteiger partial charge in [-0.15, -0.1) is 0 Å². The van der Waals surface area contributed by atoms with Gasteiger partial charge in [0.15, 0.2) is 0 Å². The number of carbonyl (C=O) groups is 1. The first-order valence-corrected chi connectivity index (χ1v) is 10.0. The second-order valence-corrected chi connectivity index (χ2v) is 7.86. The van der Waals surface area contributed by atoms with E-state index < -0.39 is 17.7 Å². The van der Waals surface area contributed by atoms with Crippen LogP contribution < -0.4 is 0 Å². The number of hydrazone groups is 1. The number of hydrogen-bond acceptors (Lipinski definition) is 4. The first-order valence-electron chi connectivity index (χ1n) is 8.73. The van der Waals surface area contributed by atoms with Crippen molar-refractivity contribution < 1.29 is 13.6 Å². The average Bonchev–Trinajstić information content (AvgIpc) is 3.04. The second kappa shape index (κ2) is 8.31. The number of likely N-dealkylation sites (tertiary alicyclic amines) is 1. The number of carbonyl (C=O) groups excluding carboxylic acids is 1. The Labute approximate surface area is 156 Å². The SMILES string of the molecule is C=C(CCCN1CC(SC)C1)C(=O)N1N=CCC1c1cc(F)cc(F)c1. The van der Waals surface area contributed by atoms with Gasteiger partial charge in [0.05, 0.1) is 6.04 Å². The minimum absolute atomic E-state index is 0.279. The predicted molar refractivity (Wildman–Crippen MR) is 101 cm³/mol. The third-order valence-electron chi connectivity index (χ3n) is 4.82. The zero-order valence-electron chi connectivity index (χ0n) is 14.8. The lowest BCUT2D eigenvalue weighted by Gasteiger charge is -2.38. The number of hydrogen-bond donors (Lipinski definition) is 0. The maximum Gasteiger partial charge on any atom is 0.269 e. The molecule has 0 bridgehead atoms. The standard InChI is InChI=1S/C19H23F2N3OS/c1-13(4-3-7-23-11-17(12-23)26-2)19(25)24-18(5-6-22-24)14-8-15(20)10-16(21)9-14/h6,8-10,17-18H,1,3-5,7,11-12H2,2H3. The Hall–Kier alpha value is -1.73. The molecule has 1 saturated heterocycles. The van der Waals surface area contributed by atoms with Crippen molar-refractivity contribution in [3.05, 3.63) is 47.5 Å². The van der Waals surface area contributed by atoms with Crippen LogP contribution in [0.3, 0.4) is 0 Å². The van der Waals surface area contributed by atoms with Crippen molar-refractivity contribution in [2.75, 3.05) is 25.9 Å². The molecule has 0 aromatic heterocycles. The molecule has 0 spiro atoms. The van der Waals surface area contributed by atoms with Gasteiger partial charge < -0.3 is 4.90 Å². The number of halogens is 2. The van der Waals surface area contributed by atoms with Crippen molar-refractivity contribution in [1.82, 2.24) is 9.91 Å². The zero-order chi connectivity index (χ0) is 18.7. The molecule has 140 valence electrons. The van der Waals surface area contributed by atoms with E-state index in [1.807, 2.05) is 11.8 Å². The molecule has 1 amide bonds. The molecule has 0 saturated carbocycles. The van der Waals surface area contributed by atoms with Crippen molar-refractivity contribution >= 4 is 23.9 Å². The summed E-state index contributed by atoms with van der Waals surface area (Å²) in [6.45, 7) is 7.05. The summed E-state index contributed by atoms with van der Waals surface area (Å²) in [7, 11) is 0. The lowest BCUT2D eigenvalue weighted by molar-refractivity contribution is -0.129. The highest BCUT2D eigenvalue weighted by Gasteiger charge is 2.30. The lowest BCUT2D eigenvalue weighted by atomic mass is 10.0. The first kappa shape index (κ1) is 19.0. The number of benzene rings is 1. The van der Waals surface area contributed by atoms with Gasteiger partial charge in [-0.1, -0.05) is 6.58 Å². The van der Waals surface area contributed by atoms with E-state index in [0.717, 1.165) is 37.4 Å². The summed E-state index contributed by atoms with van der Waals surface area (Å²) in [5.41, 5.74) is 0.887. The van der Waals surface area contributed by atoms with Crippen LogP contribution in [0.25, 0.3) is 0 Å². The molecule has 0 N–H and O–H groups in total. The summed E-state index contributed by atoms with van der Waals surface area (Å²) in [6.07, 6.45) is 5.62. The fourth-order valence-corrected chi connectivity index (χ4v) is 4.01. The normalized spacial score (nSPS) is 20.4. The molecule has 0 aliphatic carbocycles. The van der Waals surface area contributed by atoms with Crippen molar-refractivity contribution in [3.8, 4) is 0 Å². The number of thioether (sulfide) groups is 1. The summed E-state index contributed by atoms with van der Waals surface area (Å²) < 4.78 is 27.0. The van der Waals surface area contributed by atoms with E-state index in [1.165, 1.54) is 17.1 Å². The maximum absolute atomic E-state index is 13.5. The molecule has 26 heavy (non-hydrogen) atoms. The van der Waals surface area contributed by atoms with Crippen LogP contribution in [0.2, 0.25) is 0 Å². The van der Waals surface area contributed by atoms with Gasteiger partial charge in [0.2, 0.25) is 0 Å². The average molecular weight is 379 g/mol. The lowest BCUT2D eigenvalue weighted by Crippen LogP contribution is -2.49. The zero-order valence-corrected chi connectivity index (χ0v) is 15.6. The molecule has 0 radical (unpaired) electrons. The Morgan fingerprint density at radius 1 is 1.31 bits per heavy atom. The number of amides is 1. The maximum atomic E-state index is 13.5. The Morgan fingerprint density at radius 2 is 2.00 bits per heavy atom. The summed E-state index contributed by atoms with van der Waals surface area (Å²) in [4.78, 5) is 15.0. The van der Waals surface area contributed by atoms with Crippen LogP contribution in [0.5, 0.6) is 0 Å². The Bertz CT molecular complexity index is 698. The minimum Gasteiger partial charge on any atom is -0.301 e. The van der Waals surface area contributed by atoms with Crippen molar-refractivity contribution in [2.24, 2.45) is 5.10 Å². The van der Waals surface area contributed by atoms with Gasteiger partial charge in [-0.2, -0.15) is 16.9 Å². The van der Waals surface area contributed by atoms with Gasteiger partial charge in [0, 0.05) is 42.6 Å². The fraction of sp³-hybridized carbons (Fsp3) is 0.474. The molecular weight excluding hydrogens is 356 g/mol. The van der Waals surface area contributed by atoms with Crippen LogP contribution in [-0.2, 0) is 4.79 Å². The largest absolute Gasteiger partial charge is 0.301 e. The summed E-state index contributed by atoms with van der Waals surface area (Å²) in [5.74, 6) is -1.59. The quantitative estimate of drug-likeness (QED) is 0.679. The van der Waals surface area contributed by atoms with Gasteiger partial charge >= 0.3 is 0 Å². The van der Waals surface area contributed by atoms with Crippen molar-refractivity contribution in [2.45, 2.75) is 30.6 Å². The molecular formula is C19H23F2N3OS. The highest BCUT2D eigenvalue weighted by molar-refractivity contribution is 7.99. The van der Waals surface area contributed by atoms with Crippen LogP contribution in [0.4, 0.5) is 8.78 Å². The van der Waals surface area contributed by atoms with E-state index in [4.69, 9.17) is 0 Å². The molecule has 4 nitrogen and oxygen atoms in total. The Balaban J connectivity index is 1.54. The second-order valence-electron chi connectivity index (χ2n) is 6.73. The van der Waals surface area contributed by atoms with Crippen LogP contribution in [0.1, 0.15) is 30.9 Å². The van der Waals surface area contributed by atoms with Crippen LogP contribution >= 0.6 is 11.8 Å². The molecule has 7 heteroatoms. The Morgan fingerprint density at radius 3 is 2.65 bits per heavy atom. The summed E-state index contributed by atoms with van der Waals surface area (Å²) >= 11 is 1.89. The van der Waals surface area contributed by atoms with Crippen LogP contribution in [0.15, 0.2) is 35.5 Å². The van der Waals surface area contributed by atoms with E-state index in [2.05, 4.69) is 22.8 Å². The predicted octanol–water partition coefficient (Wildman–Crippen LogP) is 3.61. The monoisotopic (exact) mass is 379 g/mol. The summed E-state index contributed by atoms with van der Waals surface area (Å²) in [5, 5.41) is 6.13. The fourth-order valence-electron chi connectivity index (χ4n) is 3.29. The van der Waals surface area contributed by atoms with Gasteiger partial charge in [-0.25, -0.2) is 13.8 Å². The van der Waals surface area contributed by atoms with Crippen LogP contribution in [0, 0.1) is 11.6 Å². The molecule has 1 atom stereocenters. The van der Waals surface area contributed by atoms with Gasteiger partial charge in [0.25, 0.3) is 5.91 Å². The van der Waals surface area contributed by atoms with Crippen molar-refractivity contribution in [1.29, 1.82) is 0 Å². The van der Waals surface area contributed by atoms with Crippen molar-refractivity contribution in [3.63, 3.8) is 0 Å². The smallest absolute Gasteiger partial charge is 0.269 e. The molecule has 2 aliphatic rings. The van der Waals surface area contributed by atoms with Crippen LogP contribution in [-0.4, -0.2) is 53.2 Å². The Kier molecular flexibility index (Phi) is 6.09. The molecule has 1 aromatic carbocycles. The molecule has 1 unspecified atom stereocenters. The van der Waals surface area contributed by atoms with Gasteiger partial charge in [0.1, 0.15) is 11.6 Å². The minimum atomic E-state index is -0.656. The third-order valence-corrected chi connectivity index (χ3v) is 5.78. The van der Waals surface area contributed by atoms with Gasteiger partial charge in [-0.3, -0.25) is 4.79 Å². The summed E-state index contributed by atoms with van der Waals surface area (Å²) in [6, 6.07) is 2.83. The van der Waals surface area contributed by atoms with E-state index in [9.17, 15) is 13.6 Å². The number of rotatable bonds is 7. The topological polar surface area (TPSA) is 35.9 Å².